The van der Waals surface area contributed by atoms with Crippen LogP contribution in [0, 0.1) is 22.9 Å². The zero-order chi connectivity index (χ0) is 28.7. The van der Waals surface area contributed by atoms with E-state index in [9.17, 15) is 10.1 Å². The van der Waals surface area contributed by atoms with Gasteiger partial charge in [0, 0.05) is 32.3 Å². The van der Waals surface area contributed by atoms with E-state index in [2.05, 4.69) is 20.6 Å². The Morgan fingerprint density at radius 3 is 2.46 bits per heavy atom. The number of nitrogens with zero attached hydrogens (tertiary/aromatic N) is 7. The average Bonchev–Trinajstić information content (AvgIpc) is 3.32. The number of aromatic nitrogens is 2. The third-order valence-electron chi connectivity index (χ3n) is 7.13. The summed E-state index contributed by atoms with van der Waals surface area (Å²) in [7, 11) is -1.09. The molecule has 1 atom stereocenters. The molecule has 1 unspecified atom stereocenters. The molecule has 1 saturated heterocycles. The molecule has 3 heterocycles. The lowest BCUT2D eigenvalue weighted by molar-refractivity contribution is -0.384. The number of hydrogen-bond acceptors (Lipinski definition) is 6. The lowest BCUT2D eigenvalue weighted by Crippen LogP contribution is -2.45. The third-order valence-corrected chi connectivity index (χ3v) is 11.6. The molecule has 2 aliphatic rings. The Hall–Kier alpha value is -3.70. The number of hydrogen-bond donors (Lipinski definition) is 0. The van der Waals surface area contributed by atoms with E-state index in [-0.39, 0.29) is 5.69 Å². The summed E-state index contributed by atoms with van der Waals surface area (Å²) in [5, 5.41) is 17.2. The van der Waals surface area contributed by atoms with Crippen LogP contribution in [0.15, 0.2) is 87.0 Å². The zero-order valence-corrected chi connectivity index (χ0v) is 24.8. The molecule has 10 nitrogen and oxygen atoms in total. The number of amidine groups is 1. The van der Waals surface area contributed by atoms with Crippen molar-refractivity contribution in [3.05, 3.63) is 104 Å². The molecule has 0 N–H and O–H groups in total. The van der Waals surface area contributed by atoms with E-state index in [4.69, 9.17) is 19.6 Å². The standard InChI is InChI=1S/C28H26BrFN7O3P/c1-19-26-28(36(32-19)20-8-4-3-5-9-20)31-27(22-10-6-7-11-24(22)30)34(2)41(26,35-14-16-40-17-15-35)33-25-13-12-21(37(38)39)18-23(25)29/h3-13,18H,14-17H2,1-2H3. The van der Waals surface area contributed by atoms with Crippen molar-refractivity contribution in [3.63, 3.8) is 0 Å². The van der Waals surface area contributed by atoms with Gasteiger partial charge < -0.3 is 9.41 Å². The highest BCUT2D eigenvalue weighted by atomic mass is 79.9. The molecule has 0 radical (unpaired) electrons. The summed E-state index contributed by atoms with van der Waals surface area (Å²) >= 11 is 3.53. The summed E-state index contributed by atoms with van der Waals surface area (Å²) < 4.78 is 33.1. The molecule has 210 valence electrons. The number of non-ortho nitro benzene ring substituents is 1. The number of para-hydroxylation sites is 1. The minimum atomic E-state index is -2.98. The Bertz CT molecular complexity index is 1740. The van der Waals surface area contributed by atoms with Crippen molar-refractivity contribution < 1.29 is 14.1 Å². The number of morpholine rings is 1. The second kappa shape index (κ2) is 10.9. The van der Waals surface area contributed by atoms with Crippen LogP contribution in [0.2, 0.25) is 0 Å². The summed E-state index contributed by atoms with van der Waals surface area (Å²) in [4.78, 5) is 16.1. The van der Waals surface area contributed by atoms with Crippen LogP contribution in [0.4, 0.5) is 21.6 Å². The Kier molecular flexibility index (Phi) is 7.33. The van der Waals surface area contributed by atoms with Crippen molar-refractivity contribution in [2.45, 2.75) is 6.92 Å². The molecule has 1 fully saturated rings. The summed E-state index contributed by atoms with van der Waals surface area (Å²) in [6, 6.07) is 20.8. The largest absolute Gasteiger partial charge is 0.379 e. The van der Waals surface area contributed by atoms with Crippen LogP contribution in [0.5, 0.6) is 0 Å². The van der Waals surface area contributed by atoms with E-state index in [0.717, 1.165) is 16.7 Å². The molecule has 3 aromatic carbocycles. The van der Waals surface area contributed by atoms with Crippen molar-refractivity contribution in [1.29, 1.82) is 0 Å². The third kappa shape index (κ3) is 4.70. The van der Waals surface area contributed by atoms with Crippen LogP contribution < -0.4 is 5.30 Å². The minimum Gasteiger partial charge on any atom is -0.379 e. The summed E-state index contributed by atoms with van der Waals surface area (Å²) in [5.74, 6) is 0.599. The molecule has 41 heavy (non-hydrogen) atoms. The maximum atomic E-state index is 15.4. The summed E-state index contributed by atoms with van der Waals surface area (Å²) in [5.41, 5.74) is 2.39. The van der Waals surface area contributed by atoms with Crippen LogP contribution in [0.3, 0.4) is 0 Å². The van der Waals surface area contributed by atoms with Gasteiger partial charge in [0.25, 0.3) is 5.69 Å². The summed E-state index contributed by atoms with van der Waals surface area (Å²) in [6.07, 6.45) is 0. The number of ether oxygens (including phenoxy) is 1. The van der Waals surface area contributed by atoms with Gasteiger partial charge in [-0.25, -0.2) is 23.5 Å². The molecule has 1 aromatic heterocycles. The average molecular weight is 638 g/mol. The quantitative estimate of drug-likeness (QED) is 0.144. The number of rotatable bonds is 5. The number of halogens is 2. The zero-order valence-electron chi connectivity index (χ0n) is 22.3. The van der Waals surface area contributed by atoms with Gasteiger partial charge in [-0.15, -0.1) is 0 Å². The Morgan fingerprint density at radius 2 is 1.78 bits per heavy atom. The molecular formula is C28H26BrFN7O3P. The van der Waals surface area contributed by atoms with E-state index in [0.29, 0.717) is 53.7 Å². The molecule has 0 amide bonds. The minimum absolute atomic E-state index is 0.0473. The Balaban J connectivity index is 1.72. The normalized spacial score (nSPS) is 19.0. The number of aliphatic imine (C=N–C) groups is 1. The summed E-state index contributed by atoms with van der Waals surface area (Å²) in [6.45, 7) is 4.09. The molecule has 2 aliphatic heterocycles. The fourth-order valence-corrected chi connectivity index (χ4v) is 9.64. The van der Waals surface area contributed by atoms with E-state index in [1.165, 1.54) is 18.2 Å². The van der Waals surface area contributed by atoms with Crippen LogP contribution in [-0.4, -0.2) is 63.2 Å². The number of nitro benzene ring substituents is 1. The number of benzene rings is 3. The smallest absolute Gasteiger partial charge is 0.270 e. The molecular weight excluding hydrogens is 612 g/mol. The van der Waals surface area contributed by atoms with E-state index < -0.39 is 18.1 Å². The van der Waals surface area contributed by atoms with Crippen molar-refractivity contribution in [3.8, 4) is 5.69 Å². The van der Waals surface area contributed by atoms with Crippen LogP contribution >= 0.6 is 23.3 Å². The topological polar surface area (TPSA) is 101 Å². The highest BCUT2D eigenvalue weighted by Crippen LogP contribution is 2.62. The van der Waals surface area contributed by atoms with E-state index in [1.54, 1.807) is 28.9 Å². The fraction of sp³-hybridized carbons (Fsp3) is 0.214. The van der Waals surface area contributed by atoms with Gasteiger partial charge in [-0.05, 0) is 53.2 Å². The number of nitro groups is 1. The van der Waals surface area contributed by atoms with Crippen LogP contribution in [-0.2, 0) is 4.74 Å². The van der Waals surface area contributed by atoms with Gasteiger partial charge in [0.15, 0.2) is 13.2 Å². The Labute approximate surface area is 244 Å². The molecule has 4 aromatic rings. The number of fused-ring (bicyclic) bond motifs is 1. The maximum Gasteiger partial charge on any atom is 0.270 e. The maximum absolute atomic E-state index is 15.4. The van der Waals surface area contributed by atoms with Gasteiger partial charge in [0.2, 0.25) is 0 Å². The van der Waals surface area contributed by atoms with Gasteiger partial charge in [0.05, 0.1) is 50.5 Å². The second-order valence-corrected chi connectivity index (χ2v) is 13.4. The molecule has 13 heteroatoms. The lowest BCUT2D eigenvalue weighted by atomic mass is 10.2. The highest BCUT2D eigenvalue weighted by molar-refractivity contribution is 9.10. The Morgan fingerprint density at radius 1 is 1.07 bits per heavy atom. The van der Waals surface area contributed by atoms with Gasteiger partial charge >= 0.3 is 0 Å². The molecule has 0 bridgehead atoms. The predicted octanol–water partition coefficient (Wildman–Crippen LogP) is 6.33. The van der Waals surface area contributed by atoms with Gasteiger partial charge in [-0.1, -0.05) is 30.3 Å². The van der Waals surface area contributed by atoms with Gasteiger partial charge in [-0.3, -0.25) is 10.1 Å². The first-order chi connectivity index (χ1) is 19.8. The predicted molar refractivity (Wildman–Crippen MR) is 160 cm³/mol. The highest BCUT2D eigenvalue weighted by Gasteiger charge is 2.46. The molecule has 0 saturated carbocycles. The van der Waals surface area contributed by atoms with Crippen molar-refractivity contribution >= 4 is 51.6 Å². The van der Waals surface area contributed by atoms with Crippen molar-refractivity contribution in [2.24, 2.45) is 9.74 Å². The first-order valence-electron chi connectivity index (χ1n) is 12.9. The fourth-order valence-electron chi connectivity index (χ4n) is 5.22. The van der Waals surface area contributed by atoms with Gasteiger partial charge in [-0.2, -0.15) is 5.10 Å². The van der Waals surface area contributed by atoms with Crippen LogP contribution in [0.25, 0.3) is 5.69 Å². The lowest BCUT2D eigenvalue weighted by Gasteiger charge is -2.46. The molecule has 0 aliphatic carbocycles. The van der Waals surface area contributed by atoms with Crippen molar-refractivity contribution in [2.75, 3.05) is 33.4 Å². The van der Waals surface area contributed by atoms with Crippen LogP contribution in [0.1, 0.15) is 11.3 Å². The second-order valence-electron chi connectivity index (χ2n) is 9.57. The molecule has 6 rings (SSSR count). The first-order valence-corrected chi connectivity index (χ1v) is 15.4. The van der Waals surface area contributed by atoms with E-state index >= 15 is 4.39 Å². The first kappa shape index (κ1) is 27.5. The SMILES string of the molecule is Cc1nn(-c2ccccc2)c2c1P(=Nc1ccc([N+](=O)[O-])cc1Br)(N1CCOCC1)N(C)C(c1ccccc1F)=N2. The van der Waals surface area contributed by atoms with Gasteiger partial charge in [0.1, 0.15) is 11.7 Å². The van der Waals surface area contributed by atoms with Crippen molar-refractivity contribution in [1.82, 2.24) is 19.1 Å². The monoisotopic (exact) mass is 637 g/mol. The number of aryl methyl sites for hydroxylation is 1. The van der Waals surface area contributed by atoms with E-state index in [1.807, 2.05) is 49.0 Å². The molecule has 0 spiro atoms.